The molecule has 0 atom stereocenters. The number of nitrogens with zero attached hydrogens (tertiary/aromatic N) is 3. The van der Waals surface area contributed by atoms with Crippen LogP contribution in [-0.4, -0.2) is 47.9 Å². The molecule has 0 unspecified atom stereocenters. The molecule has 0 aliphatic carbocycles. The maximum absolute atomic E-state index is 13.2. The van der Waals surface area contributed by atoms with Gasteiger partial charge in [-0.2, -0.15) is 0 Å². The first-order valence-electron chi connectivity index (χ1n) is 9.39. The van der Waals surface area contributed by atoms with Crippen LogP contribution in [0.15, 0.2) is 58.9 Å². The molecule has 2 aromatic carbocycles. The highest BCUT2D eigenvalue weighted by molar-refractivity contribution is 7.89. The maximum Gasteiger partial charge on any atom is 0.298 e. The SMILES string of the molecule is CN(C)S(=O)(=O)c1cc(NC(=O)C(=O)c2c(-c3ccc(Cl)cc3)nc3sccn23)ccc1Cl. The normalized spacial score (nSPS) is 11.8. The first-order valence-corrected chi connectivity index (χ1v) is 12.5. The third-order valence-electron chi connectivity index (χ3n) is 4.75. The number of ketones is 1. The quantitative estimate of drug-likeness (QED) is 0.298. The molecule has 1 N–H and O–H groups in total. The van der Waals surface area contributed by atoms with Crippen LogP contribution in [0.2, 0.25) is 10.0 Å². The van der Waals surface area contributed by atoms with Crippen molar-refractivity contribution in [3.63, 3.8) is 0 Å². The Kier molecular flexibility index (Phi) is 6.30. The van der Waals surface area contributed by atoms with E-state index in [0.29, 0.717) is 21.2 Å². The molecule has 33 heavy (non-hydrogen) atoms. The second-order valence-electron chi connectivity index (χ2n) is 7.09. The van der Waals surface area contributed by atoms with Crippen LogP contribution >= 0.6 is 34.5 Å². The third-order valence-corrected chi connectivity index (χ3v) is 8.05. The second kappa shape index (κ2) is 8.88. The van der Waals surface area contributed by atoms with E-state index in [1.54, 1.807) is 40.2 Å². The van der Waals surface area contributed by atoms with Crippen LogP contribution in [0.4, 0.5) is 5.69 Å². The minimum Gasteiger partial charge on any atom is -0.319 e. The van der Waals surface area contributed by atoms with Crippen molar-refractivity contribution in [1.82, 2.24) is 13.7 Å². The molecule has 8 nitrogen and oxygen atoms in total. The Balaban J connectivity index is 1.70. The Bertz CT molecular complexity index is 1490. The smallest absolute Gasteiger partial charge is 0.298 e. The number of nitrogens with one attached hydrogen (secondary N) is 1. The molecule has 4 aromatic rings. The Labute approximate surface area is 203 Å². The third kappa shape index (κ3) is 4.40. The highest BCUT2D eigenvalue weighted by Gasteiger charge is 2.28. The molecule has 0 aliphatic heterocycles. The number of benzene rings is 2. The van der Waals surface area contributed by atoms with Crippen molar-refractivity contribution in [1.29, 1.82) is 0 Å². The highest BCUT2D eigenvalue weighted by atomic mass is 35.5. The fourth-order valence-electron chi connectivity index (χ4n) is 3.08. The fourth-order valence-corrected chi connectivity index (χ4v) is 5.32. The predicted molar refractivity (Wildman–Crippen MR) is 129 cm³/mol. The van der Waals surface area contributed by atoms with E-state index in [2.05, 4.69) is 10.3 Å². The molecule has 0 bridgehead atoms. The van der Waals surface area contributed by atoms with Gasteiger partial charge in [-0.3, -0.25) is 14.0 Å². The number of sulfonamides is 1. The largest absolute Gasteiger partial charge is 0.319 e. The molecule has 0 radical (unpaired) electrons. The molecule has 170 valence electrons. The molecule has 0 spiro atoms. The topological polar surface area (TPSA) is 101 Å². The summed E-state index contributed by atoms with van der Waals surface area (Å²) in [5.41, 5.74) is 1.15. The van der Waals surface area contributed by atoms with Crippen molar-refractivity contribution in [3.05, 3.63) is 69.8 Å². The number of imidazole rings is 1. The average Bonchev–Trinajstić information content (AvgIpc) is 3.36. The molecule has 1 amide bonds. The summed E-state index contributed by atoms with van der Waals surface area (Å²) >= 11 is 13.3. The van der Waals surface area contributed by atoms with Gasteiger partial charge in [0.25, 0.3) is 11.7 Å². The summed E-state index contributed by atoms with van der Waals surface area (Å²) in [6.45, 7) is 0. The van der Waals surface area contributed by atoms with E-state index >= 15 is 0 Å². The van der Waals surface area contributed by atoms with Crippen molar-refractivity contribution in [2.24, 2.45) is 0 Å². The number of hydrogen-bond acceptors (Lipinski definition) is 6. The second-order valence-corrected chi connectivity index (χ2v) is 10.9. The lowest BCUT2D eigenvalue weighted by atomic mass is 10.1. The van der Waals surface area contributed by atoms with E-state index in [0.717, 1.165) is 4.31 Å². The summed E-state index contributed by atoms with van der Waals surface area (Å²) in [5.74, 6) is -1.79. The molecule has 0 aliphatic rings. The first kappa shape index (κ1) is 23.4. The summed E-state index contributed by atoms with van der Waals surface area (Å²) in [6.07, 6.45) is 1.65. The molecule has 0 saturated carbocycles. The van der Waals surface area contributed by atoms with Gasteiger partial charge in [-0.15, -0.1) is 11.3 Å². The zero-order valence-electron chi connectivity index (χ0n) is 17.2. The summed E-state index contributed by atoms with van der Waals surface area (Å²) in [7, 11) is -1.12. The van der Waals surface area contributed by atoms with E-state index in [4.69, 9.17) is 23.2 Å². The lowest BCUT2D eigenvalue weighted by molar-refractivity contribution is -0.112. The van der Waals surface area contributed by atoms with Crippen molar-refractivity contribution < 1.29 is 18.0 Å². The Hall–Kier alpha value is -2.76. The standard InChI is InChI=1S/C21H16Cl2N4O4S2/c1-26(2)33(30,31)16-11-14(7-8-15(16)23)24-20(29)19(28)18-17(12-3-5-13(22)6-4-12)25-21-27(18)9-10-32-21/h3-11H,1-2H3,(H,24,29). The van der Waals surface area contributed by atoms with Crippen molar-refractivity contribution in [2.45, 2.75) is 4.90 Å². The number of anilines is 1. The van der Waals surface area contributed by atoms with E-state index in [1.807, 2.05) is 0 Å². The van der Waals surface area contributed by atoms with Crippen LogP contribution < -0.4 is 5.32 Å². The van der Waals surface area contributed by atoms with Gasteiger partial charge in [0.15, 0.2) is 4.96 Å². The van der Waals surface area contributed by atoms with Gasteiger partial charge < -0.3 is 5.32 Å². The highest BCUT2D eigenvalue weighted by Crippen LogP contribution is 2.30. The number of rotatable bonds is 6. The number of thiazole rings is 1. The van der Waals surface area contributed by atoms with E-state index in [-0.39, 0.29) is 21.3 Å². The van der Waals surface area contributed by atoms with Gasteiger partial charge in [-0.1, -0.05) is 35.3 Å². The number of Topliss-reactive ketones (excluding diaryl/α,β-unsaturated/α-hetero) is 1. The molecule has 0 saturated heterocycles. The van der Waals surface area contributed by atoms with Crippen LogP contribution in [-0.2, 0) is 14.8 Å². The van der Waals surface area contributed by atoms with Gasteiger partial charge in [0.05, 0.1) is 5.02 Å². The average molecular weight is 523 g/mol. The number of carbonyl (C=O) groups excluding carboxylic acids is 2. The number of hydrogen-bond donors (Lipinski definition) is 1. The Morgan fingerprint density at radius 1 is 1.09 bits per heavy atom. The summed E-state index contributed by atoms with van der Waals surface area (Å²) < 4.78 is 27.5. The number of fused-ring (bicyclic) bond motifs is 1. The zero-order chi connectivity index (χ0) is 23.9. The lowest BCUT2D eigenvalue weighted by Gasteiger charge is -2.14. The van der Waals surface area contributed by atoms with Crippen molar-refractivity contribution in [2.75, 3.05) is 19.4 Å². The molecule has 4 rings (SSSR count). The van der Waals surface area contributed by atoms with E-state index in [9.17, 15) is 18.0 Å². The van der Waals surface area contributed by atoms with Gasteiger partial charge in [0.1, 0.15) is 16.3 Å². The number of amides is 1. The Morgan fingerprint density at radius 3 is 2.45 bits per heavy atom. The lowest BCUT2D eigenvalue weighted by Crippen LogP contribution is -2.25. The molecule has 2 aromatic heterocycles. The van der Waals surface area contributed by atoms with Gasteiger partial charge >= 0.3 is 0 Å². The van der Waals surface area contributed by atoms with Gasteiger partial charge in [0, 0.05) is 41.9 Å². The molecule has 12 heteroatoms. The summed E-state index contributed by atoms with van der Waals surface area (Å²) in [6, 6.07) is 10.7. The monoisotopic (exact) mass is 522 g/mol. The van der Waals surface area contributed by atoms with Crippen molar-refractivity contribution >= 4 is 66.9 Å². The first-order chi connectivity index (χ1) is 15.6. The summed E-state index contributed by atoms with van der Waals surface area (Å²) in [5, 5.41) is 4.73. The van der Waals surface area contributed by atoms with Crippen LogP contribution in [0.5, 0.6) is 0 Å². The predicted octanol–water partition coefficient (Wildman–Crippen LogP) is 4.44. The minimum atomic E-state index is -3.86. The van der Waals surface area contributed by atoms with Gasteiger partial charge in [-0.25, -0.2) is 17.7 Å². The maximum atomic E-state index is 13.2. The zero-order valence-corrected chi connectivity index (χ0v) is 20.4. The van der Waals surface area contributed by atoms with Gasteiger partial charge in [0.2, 0.25) is 10.0 Å². The minimum absolute atomic E-state index is 0.00572. The van der Waals surface area contributed by atoms with E-state index in [1.165, 1.54) is 43.6 Å². The van der Waals surface area contributed by atoms with Crippen LogP contribution in [0.3, 0.4) is 0 Å². The molecule has 2 heterocycles. The number of aromatic nitrogens is 2. The van der Waals surface area contributed by atoms with Crippen LogP contribution in [0, 0.1) is 0 Å². The van der Waals surface area contributed by atoms with Crippen molar-refractivity contribution in [3.8, 4) is 11.3 Å². The van der Waals surface area contributed by atoms with Crippen LogP contribution in [0.1, 0.15) is 10.5 Å². The molecular formula is C21H16Cl2N4O4S2. The van der Waals surface area contributed by atoms with E-state index < -0.39 is 21.7 Å². The molecular weight excluding hydrogens is 507 g/mol. The van der Waals surface area contributed by atoms with Crippen LogP contribution in [0.25, 0.3) is 16.2 Å². The molecule has 0 fully saturated rings. The Morgan fingerprint density at radius 2 is 1.79 bits per heavy atom. The fraction of sp³-hybridized carbons (Fsp3) is 0.0952. The summed E-state index contributed by atoms with van der Waals surface area (Å²) in [4.78, 5) is 30.9. The number of halogens is 2. The van der Waals surface area contributed by atoms with Gasteiger partial charge in [-0.05, 0) is 30.3 Å². The number of carbonyl (C=O) groups is 2.